The van der Waals surface area contributed by atoms with Gasteiger partial charge in [0.2, 0.25) is 0 Å². The monoisotopic (exact) mass is 346 g/mol. The highest BCUT2D eigenvalue weighted by molar-refractivity contribution is 5.75. The fourth-order valence-electron chi connectivity index (χ4n) is 2.68. The summed E-state index contributed by atoms with van der Waals surface area (Å²) in [6, 6.07) is 4.61. The summed E-state index contributed by atoms with van der Waals surface area (Å²) in [5, 5.41) is 0. The van der Waals surface area contributed by atoms with Gasteiger partial charge in [-0.05, 0) is 67.1 Å². The average Bonchev–Trinajstić information content (AvgIpc) is 2.41. The van der Waals surface area contributed by atoms with Crippen LogP contribution < -0.4 is 0 Å². The third-order valence-electron chi connectivity index (χ3n) is 4.25. The van der Waals surface area contributed by atoms with E-state index in [-0.39, 0.29) is 5.56 Å². The molecule has 24 heavy (non-hydrogen) atoms. The fraction of sp³-hybridized carbons (Fsp3) is 0.333. The fourth-order valence-corrected chi connectivity index (χ4v) is 2.68. The molecule has 0 aliphatic heterocycles. The molecule has 0 N–H and O–H groups in total. The smallest absolute Gasteiger partial charge is 0.166 e. The molecule has 0 aromatic heterocycles. The third-order valence-corrected chi connectivity index (χ3v) is 4.25. The molecule has 0 fully saturated rings. The van der Waals surface area contributed by atoms with Crippen molar-refractivity contribution < 1.29 is 26.3 Å². The second kappa shape index (κ2) is 5.83. The van der Waals surface area contributed by atoms with E-state index >= 15 is 0 Å². The second-order valence-electron chi connectivity index (χ2n) is 5.91. The van der Waals surface area contributed by atoms with Crippen molar-refractivity contribution in [2.24, 2.45) is 0 Å². The van der Waals surface area contributed by atoms with Crippen LogP contribution in [0.5, 0.6) is 0 Å². The minimum atomic E-state index is -4.74. The lowest BCUT2D eigenvalue weighted by Crippen LogP contribution is -2.14. The molecule has 0 unspecified atom stereocenters. The molecular weight excluding hydrogens is 330 g/mol. The van der Waals surface area contributed by atoms with Gasteiger partial charge in [-0.2, -0.15) is 26.3 Å². The molecule has 2 aromatic carbocycles. The molecule has 2 rings (SSSR count). The van der Waals surface area contributed by atoms with Crippen LogP contribution in [0.2, 0.25) is 0 Å². The number of halogens is 6. The molecule has 0 bridgehead atoms. The zero-order chi connectivity index (χ0) is 18.4. The molecule has 0 aliphatic carbocycles. The Labute approximate surface area is 136 Å². The van der Waals surface area contributed by atoms with Gasteiger partial charge in [0.05, 0.1) is 11.1 Å². The predicted molar refractivity (Wildman–Crippen MR) is 80.8 cm³/mol. The molecule has 0 atom stereocenters. The normalized spacial score (nSPS) is 12.6. The molecule has 0 saturated heterocycles. The summed E-state index contributed by atoms with van der Waals surface area (Å²) in [5.74, 6) is 0. The second-order valence-corrected chi connectivity index (χ2v) is 5.91. The van der Waals surface area contributed by atoms with E-state index in [1.54, 1.807) is 6.92 Å². The molecule has 6 heteroatoms. The van der Waals surface area contributed by atoms with Crippen LogP contribution in [0.15, 0.2) is 24.3 Å². The number of aryl methyl sites for hydroxylation is 3. The number of benzene rings is 2. The maximum atomic E-state index is 13.5. The van der Waals surface area contributed by atoms with Gasteiger partial charge in [-0.15, -0.1) is 0 Å². The van der Waals surface area contributed by atoms with E-state index in [1.807, 2.05) is 0 Å². The van der Waals surface area contributed by atoms with Crippen molar-refractivity contribution in [1.82, 2.24) is 0 Å². The Morgan fingerprint density at radius 1 is 0.625 bits per heavy atom. The first kappa shape index (κ1) is 18.4. The average molecular weight is 346 g/mol. The van der Waals surface area contributed by atoms with Crippen molar-refractivity contribution in [2.75, 3.05) is 0 Å². The lowest BCUT2D eigenvalue weighted by molar-refractivity contribution is -0.139. The van der Waals surface area contributed by atoms with Crippen LogP contribution in [0.4, 0.5) is 26.3 Å². The molecule has 0 nitrogen and oxygen atoms in total. The highest BCUT2D eigenvalue weighted by Crippen LogP contribution is 2.45. The Bertz CT molecular complexity index is 782. The van der Waals surface area contributed by atoms with Crippen LogP contribution >= 0.6 is 0 Å². The SMILES string of the molecule is Cc1cc(-c2ccc(C)c(C)c2C(F)(F)F)c(C(F)(F)F)cc1C. The summed E-state index contributed by atoms with van der Waals surface area (Å²) in [6.07, 6.45) is -9.48. The van der Waals surface area contributed by atoms with Crippen LogP contribution in [0, 0.1) is 27.7 Å². The number of rotatable bonds is 1. The first-order valence-electron chi connectivity index (χ1n) is 7.20. The van der Waals surface area contributed by atoms with E-state index in [9.17, 15) is 26.3 Å². The Morgan fingerprint density at radius 3 is 1.67 bits per heavy atom. The van der Waals surface area contributed by atoms with Crippen molar-refractivity contribution in [3.8, 4) is 11.1 Å². The molecule has 0 spiro atoms. The van der Waals surface area contributed by atoms with Crippen molar-refractivity contribution in [1.29, 1.82) is 0 Å². The van der Waals surface area contributed by atoms with Crippen molar-refractivity contribution in [3.05, 3.63) is 57.6 Å². The summed E-state index contributed by atoms with van der Waals surface area (Å²) >= 11 is 0. The van der Waals surface area contributed by atoms with E-state index in [0.717, 1.165) is 12.1 Å². The quantitative estimate of drug-likeness (QED) is 0.509. The van der Waals surface area contributed by atoms with Gasteiger partial charge >= 0.3 is 12.4 Å². The molecule has 0 amide bonds. The molecule has 130 valence electrons. The maximum Gasteiger partial charge on any atom is 0.417 e. The van der Waals surface area contributed by atoms with Gasteiger partial charge in [-0.25, -0.2) is 0 Å². The lowest BCUT2D eigenvalue weighted by Gasteiger charge is -2.21. The first-order chi connectivity index (χ1) is 10.8. The van der Waals surface area contributed by atoms with Gasteiger partial charge in [0.1, 0.15) is 0 Å². The number of hydrogen-bond acceptors (Lipinski definition) is 0. The van der Waals surface area contributed by atoms with E-state index < -0.39 is 34.6 Å². The van der Waals surface area contributed by atoms with Gasteiger partial charge in [0.15, 0.2) is 0 Å². The third kappa shape index (κ3) is 3.28. The Balaban J connectivity index is 2.93. The molecule has 0 radical (unpaired) electrons. The molecular formula is C18H16F6. The molecule has 0 saturated carbocycles. The first-order valence-corrected chi connectivity index (χ1v) is 7.20. The van der Waals surface area contributed by atoms with E-state index in [2.05, 4.69) is 0 Å². The van der Waals surface area contributed by atoms with Crippen LogP contribution in [-0.2, 0) is 12.4 Å². The molecule has 0 aliphatic rings. The van der Waals surface area contributed by atoms with Gasteiger partial charge in [0.25, 0.3) is 0 Å². The van der Waals surface area contributed by atoms with Crippen LogP contribution in [0.3, 0.4) is 0 Å². The van der Waals surface area contributed by atoms with Crippen molar-refractivity contribution in [2.45, 2.75) is 40.0 Å². The van der Waals surface area contributed by atoms with Crippen LogP contribution in [-0.4, -0.2) is 0 Å². The highest BCUT2D eigenvalue weighted by Gasteiger charge is 2.39. The number of alkyl halides is 6. The summed E-state index contributed by atoms with van der Waals surface area (Å²) in [7, 11) is 0. The minimum Gasteiger partial charge on any atom is -0.166 e. The van der Waals surface area contributed by atoms with Crippen molar-refractivity contribution in [3.63, 3.8) is 0 Å². The Morgan fingerprint density at radius 2 is 1.17 bits per heavy atom. The van der Waals surface area contributed by atoms with Gasteiger partial charge < -0.3 is 0 Å². The van der Waals surface area contributed by atoms with E-state index in [1.165, 1.54) is 32.9 Å². The lowest BCUT2D eigenvalue weighted by atomic mass is 9.88. The van der Waals surface area contributed by atoms with E-state index in [4.69, 9.17) is 0 Å². The summed E-state index contributed by atoms with van der Waals surface area (Å²) < 4.78 is 80.6. The standard InChI is InChI=1S/C18H16F6/c1-9-5-6-13(16(12(9)4)18(22,23)24)14-7-10(2)11(3)8-15(14)17(19,20)21/h5-8H,1-4H3. The highest BCUT2D eigenvalue weighted by atomic mass is 19.4. The zero-order valence-electron chi connectivity index (χ0n) is 13.6. The topological polar surface area (TPSA) is 0 Å². The molecule has 0 heterocycles. The van der Waals surface area contributed by atoms with Crippen LogP contribution in [0.1, 0.15) is 33.4 Å². The summed E-state index contributed by atoms with van der Waals surface area (Å²) in [4.78, 5) is 0. The summed E-state index contributed by atoms with van der Waals surface area (Å²) in [5.41, 5.74) is -1.76. The van der Waals surface area contributed by atoms with Gasteiger partial charge in [0, 0.05) is 0 Å². The number of hydrogen-bond donors (Lipinski definition) is 0. The largest absolute Gasteiger partial charge is 0.417 e. The predicted octanol–water partition coefficient (Wildman–Crippen LogP) is 6.62. The van der Waals surface area contributed by atoms with Crippen molar-refractivity contribution >= 4 is 0 Å². The van der Waals surface area contributed by atoms with E-state index in [0.29, 0.717) is 16.7 Å². The maximum absolute atomic E-state index is 13.5. The van der Waals surface area contributed by atoms with Gasteiger partial charge in [-0.1, -0.05) is 18.2 Å². The van der Waals surface area contributed by atoms with Crippen LogP contribution in [0.25, 0.3) is 11.1 Å². The Kier molecular flexibility index (Phi) is 4.46. The Hall–Kier alpha value is -1.98. The molecule has 2 aromatic rings. The minimum absolute atomic E-state index is 0.0636. The zero-order valence-corrected chi connectivity index (χ0v) is 13.6. The summed E-state index contributed by atoms with van der Waals surface area (Å²) in [6.45, 7) is 5.85. The van der Waals surface area contributed by atoms with Gasteiger partial charge in [-0.3, -0.25) is 0 Å².